The molecule has 0 saturated carbocycles. The third kappa shape index (κ3) is 3.35. The fourth-order valence-corrected chi connectivity index (χ4v) is 3.88. The van der Waals surface area contributed by atoms with E-state index < -0.39 is 0 Å². The molecule has 0 amide bonds. The summed E-state index contributed by atoms with van der Waals surface area (Å²) in [6.07, 6.45) is 3.72. The first-order valence-corrected chi connectivity index (χ1v) is 8.35. The molecule has 3 nitrogen and oxygen atoms in total. The van der Waals surface area contributed by atoms with Gasteiger partial charge in [-0.05, 0) is 56.6 Å². The van der Waals surface area contributed by atoms with Crippen LogP contribution in [-0.4, -0.2) is 38.2 Å². The van der Waals surface area contributed by atoms with E-state index in [0.29, 0.717) is 0 Å². The first kappa shape index (κ1) is 14.4. The molecule has 1 unspecified atom stereocenters. The average Bonchev–Trinajstić information content (AvgIpc) is 2.87. The van der Waals surface area contributed by atoms with Crippen molar-refractivity contribution in [3.63, 3.8) is 0 Å². The Morgan fingerprint density at radius 2 is 2.35 bits per heavy atom. The van der Waals surface area contributed by atoms with Gasteiger partial charge >= 0.3 is 0 Å². The number of ether oxygens (including phenoxy) is 1. The van der Waals surface area contributed by atoms with Crippen molar-refractivity contribution in [1.29, 1.82) is 0 Å². The topological polar surface area (TPSA) is 24.5 Å². The number of fused-ring (bicyclic) bond motifs is 1. The lowest BCUT2D eigenvalue weighted by Crippen LogP contribution is -2.37. The van der Waals surface area contributed by atoms with Crippen LogP contribution in [0.3, 0.4) is 0 Å². The molecule has 2 heterocycles. The highest BCUT2D eigenvalue weighted by Crippen LogP contribution is 2.32. The number of benzene rings is 1. The summed E-state index contributed by atoms with van der Waals surface area (Å²) < 4.78 is 6.94. The Balaban J connectivity index is 1.56. The second-order valence-corrected chi connectivity index (χ2v) is 6.97. The van der Waals surface area contributed by atoms with Crippen molar-refractivity contribution >= 4 is 15.9 Å². The lowest BCUT2D eigenvalue weighted by atomic mass is 9.98. The highest BCUT2D eigenvalue weighted by molar-refractivity contribution is 9.10. The summed E-state index contributed by atoms with van der Waals surface area (Å²) in [7, 11) is 2.22. The highest BCUT2D eigenvalue weighted by atomic mass is 79.9. The quantitative estimate of drug-likeness (QED) is 0.913. The smallest absolute Gasteiger partial charge is 0.127 e. The Kier molecular flexibility index (Phi) is 4.64. The van der Waals surface area contributed by atoms with Crippen molar-refractivity contribution < 1.29 is 4.74 Å². The molecular formula is C16H23BrN2O. The van der Waals surface area contributed by atoms with Crippen molar-refractivity contribution in [1.82, 2.24) is 10.2 Å². The predicted molar refractivity (Wildman–Crippen MR) is 85.3 cm³/mol. The number of hydrogen-bond donors (Lipinski definition) is 1. The van der Waals surface area contributed by atoms with Gasteiger partial charge in [-0.3, -0.25) is 0 Å². The van der Waals surface area contributed by atoms with E-state index in [-0.39, 0.29) is 0 Å². The van der Waals surface area contributed by atoms with Crippen molar-refractivity contribution in [2.75, 3.05) is 33.3 Å². The lowest BCUT2D eigenvalue weighted by Gasteiger charge is -2.29. The van der Waals surface area contributed by atoms with E-state index in [1.807, 2.05) is 0 Å². The van der Waals surface area contributed by atoms with Crippen molar-refractivity contribution in [2.24, 2.45) is 5.92 Å². The predicted octanol–water partition coefficient (Wildman–Crippen LogP) is 2.82. The van der Waals surface area contributed by atoms with E-state index in [9.17, 15) is 0 Å². The largest absolute Gasteiger partial charge is 0.493 e. The fourth-order valence-electron chi connectivity index (χ4n) is 3.33. The molecular weight excluding hydrogens is 316 g/mol. The van der Waals surface area contributed by atoms with Crippen LogP contribution < -0.4 is 10.1 Å². The molecule has 2 aliphatic rings. The van der Waals surface area contributed by atoms with Gasteiger partial charge in [0.2, 0.25) is 0 Å². The van der Waals surface area contributed by atoms with Crippen LogP contribution in [0.2, 0.25) is 0 Å². The first-order chi connectivity index (χ1) is 9.72. The summed E-state index contributed by atoms with van der Waals surface area (Å²) >= 11 is 3.60. The number of nitrogens with one attached hydrogen (secondary N) is 1. The summed E-state index contributed by atoms with van der Waals surface area (Å²) in [5.74, 6) is 1.90. The molecule has 0 spiro atoms. The van der Waals surface area contributed by atoms with Gasteiger partial charge in [0.05, 0.1) is 6.61 Å². The third-order valence-electron chi connectivity index (χ3n) is 4.30. The zero-order valence-corrected chi connectivity index (χ0v) is 13.7. The minimum atomic E-state index is 0.787. The standard InChI is InChI=1S/C16H23BrN2O/c1-19-5-2-3-12(11-19)9-18-10-14-8-15(17)7-13-4-6-20-16(13)14/h7-8,12,18H,2-6,9-11H2,1H3. The van der Waals surface area contributed by atoms with Crippen LogP contribution in [0.4, 0.5) is 0 Å². The zero-order chi connectivity index (χ0) is 13.9. The van der Waals surface area contributed by atoms with Gasteiger partial charge in [-0.2, -0.15) is 0 Å². The van der Waals surface area contributed by atoms with Gasteiger partial charge in [0.25, 0.3) is 0 Å². The maximum absolute atomic E-state index is 5.78. The van der Waals surface area contributed by atoms with E-state index in [1.54, 1.807) is 0 Å². The first-order valence-electron chi connectivity index (χ1n) is 7.56. The molecule has 110 valence electrons. The summed E-state index contributed by atoms with van der Waals surface area (Å²) in [4.78, 5) is 2.44. The number of nitrogens with zero attached hydrogens (tertiary/aromatic N) is 1. The van der Waals surface area contributed by atoms with Crippen LogP contribution in [0.15, 0.2) is 16.6 Å². The van der Waals surface area contributed by atoms with Crippen molar-refractivity contribution in [3.05, 3.63) is 27.7 Å². The Bertz CT molecular complexity index is 478. The van der Waals surface area contributed by atoms with E-state index in [2.05, 4.69) is 45.3 Å². The Labute approximate surface area is 129 Å². The summed E-state index contributed by atoms with van der Waals surface area (Å²) in [5, 5.41) is 3.62. The maximum Gasteiger partial charge on any atom is 0.127 e. The van der Waals surface area contributed by atoms with Gasteiger partial charge in [-0.25, -0.2) is 0 Å². The van der Waals surface area contributed by atoms with Gasteiger partial charge in [0.15, 0.2) is 0 Å². The number of piperidine rings is 1. The molecule has 0 radical (unpaired) electrons. The van der Waals surface area contributed by atoms with Gasteiger partial charge < -0.3 is 15.0 Å². The minimum absolute atomic E-state index is 0.787. The third-order valence-corrected chi connectivity index (χ3v) is 4.75. The molecule has 1 saturated heterocycles. The van der Waals surface area contributed by atoms with Gasteiger partial charge in [-0.1, -0.05) is 15.9 Å². The number of rotatable bonds is 4. The number of halogens is 1. The molecule has 2 aliphatic heterocycles. The monoisotopic (exact) mass is 338 g/mol. The summed E-state index contributed by atoms with van der Waals surface area (Å²) in [6.45, 7) is 5.31. The Hall–Kier alpha value is -0.580. The van der Waals surface area contributed by atoms with E-state index in [0.717, 1.165) is 42.3 Å². The van der Waals surface area contributed by atoms with Crippen LogP contribution >= 0.6 is 15.9 Å². The normalized spacial score (nSPS) is 22.6. The van der Waals surface area contributed by atoms with Crippen LogP contribution in [0.25, 0.3) is 0 Å². The molecule has 1 aromatic rings. The fraction of sp³-hybridized carbons (Fsp3) is 0.625. The van der Waals surface area contributed by atoms with E-state index in [4.69, 9.17) is 4.74 Å². The molecule has 4 heteroatoms. The maximum atomic E-state index is 5.78. The lowest BCUT2D eigenvalue weighted by molar-refractivity contribution is 0.206. The molecule has 1 aromatic carbocycles. The van der Waals surface area contributed by atoms with Gasteiger partial charge in [0.1, 0.15) is 5.75 Å². The van der Waals surface area contributed by atoms with Crippen molar-refractivity contribution in [3.8, 4) is 5.75 Å². The van der Waals surface area contributed by atoms with Crippen molar-refractivity contribution in [2.45, 2.75) is 25.8 Å². The van der Waals surface area contributed by atoms with E-state index in [1.165, 1.54) is 37.1 Å². The Morgan fingerprint density at radius 1 is 1.45 bits per heavy atom. The minimum Gasteiger partial charge on any atom is -0.493 e. The number of hydrogen-bond acceptors (Lipinski definition) is 3. The molecule has 1 fully saturated rings. The summed E-state index contributed by atoms with van der Waals surface area (Å²) in [6, 6.07) is 4.37. The molecule has 0 bridgehead atoms. The molecule has 3 rings (SSSR count). The summed E-state index contributed by atoms with van der Waals surface area (Å²) in [5.41, 5.74) is 2.63. The van der Waals surface area contributed by atoms with Crippen LogP contribution in [0, 0.1) is 5.92 Å². The zero-order valence-electron chi connectivity index (χ0n) is 12.1. The Morgan fingerprint density at radius 3 is 3.20 bits per heavy atom. The second-order valence-electron chi connectivity index (χ2n) is 6.05. The molecule has 20 heavy (non-hydrogen) atoms. The van der Waals surface area contributed by atoms with Crippen LogP contribution in [0.5, 0.6) is 5.75 Å². The van der Waals surface area contributed by atoms with Gasteiger partial charge in [0, 0.05) is 29.5 Å². The average molecular weight is 339 g/mol. The number of likely N-dealkylation sites (tertiary alicyclic amines) is 1. The molecule has 1 N–H and O–H groups in total. The molecule has 0 aliphatic carbocycles. The highest BCUT2D eigenvalue weighted by Gasteiger charge is 2.19. The van der Waals surface area contributed by atoms with E-state index >= 15 is 0 Å². The second kappa shape index (κ2) is 6.46. The van der Waals surface area contributed by atoms with Crippen LogP contribution in [0.1, 0.15) is 24.0 Å². The van der Waals surface area contributed by atoms with Crippen LogP contribution in [-0.2, 0) is 13.0 Å². The molecule has 0 aromatic heterocycles. The SMILES string of the molecule is CN1CCCC(CNCc2cc(Br)cc3c2OCC3)C1. The van der Waals surface area contributed by atoms with Gasteiger partial charge in [-0.15, -0.1) is 0 Å². The molecule has 1 atom stereocenters.